The van der Waals surface area contributed by atoms with Gasteiger partial charge in [-0.3, -0.25) is 9.78 Å². The van der Waals surface area contributed by atoms with Crippen LogP contribution in [-0.2, 0) is 6.61 Å². The van der Waals surface area contributed by atoms with E-state index in [1.165, 1.54) is 0 Å². The van der Waals surface area contributed by atoms with Gasteiger partial charge in [0, 0.05) is 46.2 Å². The molecule has 27 heavy (non-hydrogen) atoms. The van der Waals surface area contributed by atoms with Crippen LogP contribution < -0.4 is 4.74 Å². The molecule has 132 valence electrons. The second-order valence-electron chi connectivity index (χ2n) is 6.13. The molecule has 0 saturated carbocycles. The molecule has 2 aromatic heterocycles. The van der Waals surface area contributed by atoms with Crippen LogP contribution >= 0.6 is 0 Å². The average molecular weight is 354 g/mol. The van der Waals surface area contributed by atoms with E-state index in [1.807, 2.05) is 60.7 Å². The molecule has 4 rings (SSSR count). The number of nitrogens with one attached hydrogen (secondary N) is 1. The molecule has 0 unspecified atom stereocenters. The van der Waals surface area contributed by atoms with Crippen molar-refractivity contribution in [3.63, 3.8) is 0 Å². The van der Waals surface area contributed by atoms with Crippen molar-refractivity contribution >= 4 is 22.8 Å². The topological polar surface area (TPSA) is 55.0 Å². The van der Waals surface area contributed by atoms with Gasteiger partial charge in [-0.25, -0.2) is 0 Å². The number of ether oxygens (including phenoxy) is 1. The van der Waals surface area contributed by atoms with Crippen molar-refractivity contribution < 1.29 is 9.53 Å². The van der Waals surface area contributed by atoms with Crippen LogP contribution in [0.1, 0.15) is 21.5 Å². The highest BCUT2D eigenvalue weighted by Gasteiger charge is 2.09. The Balaban J connectivity index is 1.53. The molecule has 4 aromatic rings. The zero-order chi connectivity index (χ0) is 18.5. The van der Waals surface area contributed by atoms with E-state index in [1.54, 1.807) is 30.7 Å². The molecule has 0 bridgehead atoms. The fourth-order valence-corrected chi connectivity index (χ4v) is 2.92. The van der Waals surface area contributed by atoms with Gasteiger partial charge in [0.15, 0.2) is 5.78 Å². The Morgan fingerprint density at radius 3 is 2.78 bits per heavy atom. The summed E-state index contributed by atoms with van der Waals surface area (Å²) in [6, 6.07) is 19.3. The number of aromatic amines is 1. The Morgan fingerprint density at radius 2 is 1.89 bits per heavy atom. The fourth-order valence-electron chi connectivity index (χ4n) is 2.92. The maximum absolute atomic E-state index is 12.6. The largest absolute Gasteiger partial charge is 0.488 e. The Morgan fingerprint density at radius 1 is 1.04 bits per heavy atom. The third kappa shape index (κ3) is 3.80. The summed E-state index contributed by atoms with van der Waals surface area (Å²) in [5.41, 5.74) is 3.46. The normalized spacial score (nSPS) is 11.1. The van der Waals surface area contributed by atoms with Crippen LogP contribution in [0.25, 0.3) is 17.0 Å². The van der Waals surface area contributed by atoms with Crippen LogP contribution in [0.3, 0.4) is 0 Å². The maximum Gasteiger partial charge on any atom is 0.188 e. The average Bonchev–Trinajstić information content (AvgIpc) is 3.16. The smallest absolute Gasteiger partial charge is 0.188 e. The van der Waals surface area contributed by atoms with Crippen LogP contribution in [0.5, 0.6) is 5.75 Å². The molecule has 1 N–H and O–H groups in total. The van der Waals surface area contributed by atoms with Gasteiger partial charge in [-0.1, -0.05) is 42.5 Å². The number of carbonyl (C=O) groups is 1. The first kappa shape index (κ1) is 16.8. The highest BCUT2D eigenvalue weighted by molar-refractivity contribution is 6.14. The maximum atomic E-state index is 12.6. The first-order chi connectivity index (χ1) is 13.3. The lowest BCUT2D eigenvalue weighted by molar-refractivity contribution is 0.104. The predicted molar refractivity (Wildman–Crippen MR) is 107 cm³/mol. The van der Waals surface area contributed by atoms with Crippen molar-refractivity contribution in [3.05, 3.63) is 102 Å². The van der Waals surface area contributed by atoms with Gasteiger partial charge in [-0.15, -0.1) is 0 Å². The SMILES string of the molecule is O=C(/C=C/c1ccccc1OCc1cccnc1)c1c[nH]c2ccccc12. The molecular weight excluding hydrogens is 336 g/mol. The molecule has 0 saturated heterocycles. The van der Waals surface area contributed by atoms with Gasteiger partial charge in [0.25, 0.3) is 0 Å². The van der Waals surface area contributed by atoms with Gasteiger partial charge in [-0.2, -0.15) is 0 Å². The van der Waals surface area contributed by atoms with Crippen LogP contribution in [0.2, 0.25) is 0 Å². The molecule has 2 heterocycles. The van der Waals surface area contributed by atoms with Gasteiger partial charge >= 0.3 is 0 Å². The predicted octanol–water partition coefficient (Wildman–Crippen LogP) is 5.04. The van der Waals surface area contributed by atoms with Gasteiger partial charge in [0.05, 0.1) is 0 Å². The molecule has 0 aliphatic rings. The van der Waals surface area contributed by atoms with E-state index in [0.29, 0.717) is 12.2 Å². The number of allylic oxidation sites excluding steroid dienone is 1. The molecule has 4 heteroatoms. The summed E-state index contributed by atoms with van der Waals surface area (Å²) in [6.07, 6.45) is 8.64. The molecule has 2 aromatic carbocycles. The minimum absolute atomic E-state index is 0.0467. The highest BCUT2D eigenvalue weighted by Crippen LogP contribution is 2.22. The van der Waals surface area contributed by atoms with Crippen LogP contribution in [0, 0.1) is 0 Å². The zero-order valence-electron chi connectivity index (χ0n) is 14.6. The van der Waals surface area contributed by atoms with E-state index in [4.69, 9.17) is 4.74 Å². The number of rotatable bonds is 6. The number of carbonyl (C=O) groups excluding carboxylic acids is 1. The molecule has 0 atom stereocenters. The number of H-pyrrole nitrogens is 1. The lowest BCUT2D eigenvalue weighted by Gasteiger charge is -2.08. The van der Waals surface area contributed by atoms with Crippen molar-refractivity contribution in [2.45, 2.75) is 6.61 Å². The van der Waals surface area contributed by atoms with Crippen molar-refractivity contribution in [1.82, 2.24) is 9.97 Å². The standard InChI is InChI=1S/C23H18N2O2/c26-22(20-15-25-21-9-3-2-8-19(20)21)12-11-18-7-1-4-10-23(18)27-16-17-6-5-13-24-14-17/h1-15,25H,16H2/b12-11+. The van der Waals surface area contributed by atoms with Gasteiger partial charge < -0.3 is 9.72 Å². The number of hydrogen-bond donors (Lipinski definition) is 1. The summed E-state index contributed by atoms with van der Waals surface area (Å²) in [7, 11) is 0. The second-order valence-corrected chi connectivity index (χ2v) is 6.13. The Kier molecular flexibility index (Phi) is 4.79. The first-order valence-corrected chi connectivity index (χ1v) is 8.70. The minimum atomic E-state index is -0.0467. The van der Waals surface area contributed by atoms with Crippen LogP contribution in [0.4, 0.5) is 0 Å². The molecule has 0 spiro atoms. The summed E-state index contributed by atoms with van der Waals surface area (Å²) in [6.45, 7) is 0.426. The monoisotopic (exact) mass is 354 g/mol. The van der Waals surface area contributed by atoms with Crippen LogP contribution in [-0.4, -0.2) is 15.8 Å². The molecule has 0 radical (unpaired) electrons. The van der Waals surface area contributed by atoms with Crippen LogP contribution in [0.15, 0.2) is 85.3 Å². The Hall–Kier alpha value is -3.66. The zero-order valence-corrected chi connectivity index (χ0v) is 14.6. The summed E-state index contributed by atoms with van der Waals surface area (Å²) >= 11 is 0. The number of nitrogens with zero attached hydrogens (tertiary/aromatic N) is 1. The van der Waals surface area contributed by atoms with Crippen molar-refractivity contribution in [3.8, 4) is 5.75 Å². The first-order valence-electron chi connectivity index (χ1n) is 8.70. The van der Waals surface area contributed by atoms with Crippen molar-refractivity contribution in [2.24, 2.45) is 0 Å². The lowest BCUT2D eigenvalue weighted by atomic mass is 10.1. The van der Waals surface area contributed by atoms with E-state index < -0.39 is 0 Å². The third-order valence-electron chi connectivity index (χ3n) is 4.31. The van der Waals surface area contributed by atoms with Gasteiger partial charge in [0.1, 0.15) is 12.4 Å². The Labute approximate surface area is 157 Å². The van der Waals surface area contributed by atoms with Crippen molar-refractivity contribution in [1.29, 1.82) is 0 Å². The van der Waals surface area contributed by atoms with E-state index in [-0.39, 0.29) is 5.78 Å². The molecule has 0 amide bonds. The van der Waals surface area contributed by atoms with E-state index in [2.05, 4.69) is 9.97 Å². The number of ketones is 1. The number of para-hydroxylation sites is 2. The highest BCUT2D eigenvalue weighted by atomic mass is 16.5. The number of fused-ring (bicyclic) bond motifs is 1. The van der Waals surface area contributed by atoms with Crippen molar-refractivity contribution in [2.75, 3.05) is 0 Å². The van der Waals surface area contributed by atoms with Gasteiger partial charge in [0.2, 0.25) is 0 Å². The van der Waals surface area contributed by atoms with Gasteiger partial charge in [-0.05, 0) is 30.4 Å². The Bertz CT molecular complexity index is 1100. The lowest BCUT2D eigenvalue weighted by Crippen LogP contribution is -1.97. The number of hydrogen-bond acceptors (Lipinski definition) is 3. The second kappa shape index (κ2) is 7.70. The number of pyridine rings is 1. The molecule has 4 nitrogen and oxygen atoms in total. The summed E-state index contributed by atoms with van der Waals surface area (Å²) < 4.78 is 5.91. The summed E-state index contributed by atoms with van der Waals surface area (Å²) in [5.74, 6) is 0.679. The van der Waals surface area contributed by atoms with E-state index >= 15 is 0 Å². The fraction of sp³-hybridized carbons (Fsp3) is 0.0435. The van der Waals surface area contributed by atoms with E-state index in [0.717, 1.165) is 27.8 Å². The summed E-state index contributed by atoms with van der Waals surface area (Å²) in [5, 5.41) is 0.924. The summed E-state index contributed by atoms with van der Waals surface area (Å²) in [4.78, 5) is 19.9. The van der Waals surface area contributed by atoms with E-state index in [9.17, 15) is 4.79 Å². The molecule has 0 fully saturated rings. The minimum Gasteiger partial charge on any atom is -0.488 e. The molecular formula is C23H18N2O2. The molecule has 0 aliphatic heterocycles. The number of aromatic nitrogens is 2. The third-order valence-corrected chi connectivity index (χ3v) is 4.31. The quantitative estimate of drug-likeness (QED) is 0.390. The number of benzene rings is 2. The molecule has 0 aliphatic carbocycles.